The van der Waals surface area contributed by atoms with E-state index in [0.29, 0.717) is 6.61 Å². The number of hydrogen-bond donors (Lipinski definition) is 0. The Balaban J connectivity index is 2.21. The second-order valence-corrected chi connectivity index (χ2v) is 4.21. The molecule has 0 aromatic heterocycles. The minimum absolute atomic E-state index is 0.369. The molecule has 0 atom stereocenters. The van der Waals surface area contributed by atoms with Crippen LogP contribution in [0.2, 0.25) is 0 Å². The molecule has 2 nitrogen and oxygen atoms in total. The van der Waals surface area contributed by atoms with Crippen LogP contribution in [0.3, 0.4) is 0 Å². The molecule has 0 aliphatic carbocycles. The molecule has 0 N–H and O–H groups in total. The number of fused-ring (bicyclic) bond motifs is 1. The number of rotatable bonds is 4. The van der Waals surface area contributed by atoms with Crippen molar-refractivity contribution in [2.45, 2.75) is 13.3 Å². The summed E-state index contributed by atoms with van der Waals surface area (Å²) in [7, 11) is 0. The van der Waals surface area contributed by atoms with E-state index in [1.54, 1.807) is 0 Å². The van der Waals surface area contributed by atoms with E-state index in [4.69, 9.17) is 4.74 Å². The molecule has 0 bridgehead atoms. The highest BCUT2D eigenvalue weighted by atomic mass is 16.5. The van der Waals surface area contributed by atoms with Gasteiger partial charge in [-0.2, -0.15) is 0 Å². The zero-order valence-corrected chi connectivity index (χ0v) is 10.5. The van der Waals surface area contributed by atoms with Gasteiger partial charge in [0.05, 0.1) is 6.61 Å². The first kappa shape index (κ1) is 12.4. The lowest BCUT2D eigenvalue weighted by Gasteiger charge is -2.09. The smallest absolute Gasteiger partial charge is 0.330 e. The third-order valence-electron chi connectivity index (χ3n) is 3.01. The fourth-order valence-electron chi connectivity index (χ4n) is 2.05. The Morgan fingerprint density at radius 3 is 2.67 bits per heavy atom. The molecular formula is C16H16O2. The van der Waals surface area contributed by atoms with Crippen molar-refractivity contribution in [3.8, 4) is 0 Å². The summed E-state index contributed by atoms with van der Waals surface area (Å²) in [6.45, 7) is 5.86. The van der Waals surface area contributed by atoms with Crippen molar-refractivity contribution in [1.29, 1.82) is 0 Å². The maximum Gasteiger partial charge on any atom is 0.330 e. The largest absolute Gasteiger partial charge is 0.462 e. The Bertz CT molecular complexity index is 585. The third kappa shape index (κ3) is 2.59. The molecule has 0 aliphatic heterocycles. The van der Waals surface area contributed by atoms with Crippen LogP contribution in [0.15, 0.2) is 49.1 Å². The Labute approximate surface area is 107 Å². The number of carbonyl (C=O) groups is 1. The van der Waals surface area contributed by atoms with E-state index in [9.17, 15) is 4.79 Å². The van der Waals surface area contributed by atoms with E-state index in [-0.39, 0.29) is 5.97 Å². The van der Waals surface area contributed by atoms with Gasteiger partial charge in [0.25, 0.3) is 0 Å². The van der Waals surface area contributed by atoms with Crippen LogP contribution < -0.4 is 0 Å². The number of esters is 1. The third-order valence-corrected chi connectivity index (χ3v) is 3.01. The Morgan fingerprint density at radius 2 is 1.94 bits per heavy atom. The first-order valence-corrected chi connectivity index (χ1v) is 5.99. The zero-order valence-electron chi connectivity index (χ0n) is 10.5. The molecule has 2 aromatic carbocycles. The normalized spacial score (nSPS) is 10.3. The van der Waals surface area contributed by atoms with Gasteiger partial charge in [-0.25, -0.2) is 4.79 Å². The second-order valence-electron chi connectivity index (χ2n) is 4.21. The number of carbonyl (C=O) groups excluding carboxylic acids is 1. The van der Waals surface area contributed by atoms with Gasteiger partial charge >= 0.3 is 5.97 Å². The molecule has 0 fully saturated rings. The van der Waals surface area contributed by atoms with Gasteiger partial charge in [-0.3, -0.25) is 0 Å². The summed E-state index contributed by atoms with van der Waals surface area (Å²) in [4.78, 5) is 11.0. The van der Waals surface area contributed by atoms with Crippen molar-refractivity contribution in [3.05, 3.63) is 60.2 Å². The average molecular weight is 240 g/mol. The van der Waals surface area contributed by atoms with Gasteiger partial charge in [0, 0.05) is 12.5 Å². The lowest BCUT2D eigenvalue weighted by Crippen LogP contribution is -2.04. The second kappa shape index (κ2) is 5.50. The molecule has 2 heteroatoms. The Morgan fingerprint density at radius 1 is 1.22 bits per heavy atom. The lowest BCUT2D eigenvalue weighted by atomic mass is 9.99. The van der Waals surface area contributed by atoms with E-state index in [2.05, 4.69) is 37.8 Å². The van der Waals surface area contributed by atoms with Crippen LogP contribution in [-0.4, -0.2) is 12.6 Å². The minimum atomic E-state index is -0.369. The summed E-state index contributed by atoms with van der Waals surface area (Å²) in [5.74, 6) is -0.369. The highest BCUT2D eigenvalue weighted by Crippen LogP contribution is 2.22. The number of aryl methyl sites for hydroxylation is 1. The van der Waals surface area contributed by atoms with Crippen molar-refractivity contribution in [3.63, 3.8) is 0 Å². The first-order valence-electron chi connectivity index (χ1n) is 5.99. The van der Waals surface area contributed by atoms with Crippen molar-refractivity contribution >= 4 is 16.7 Å². The lowest BCUT2D eigenvalue weighted by molar-refractivity contribution is -0.137. The minimum Gasteiger partial charge on any atom is -0.462 e. The quantitative estimate of drug-likeness (QED) is 0.604. The Kier molecular flexibility index (Phi) is 3.78. The van der Waals surface area contributed by atoms with Crippen LogP contribution >= 0.6 is 0 Å². The topological polar surface area (TPSA) is 26.3 Å². The molecule has 0 saturated heterocycles. The van der Waals surface area contributed by atoms with Crippen LogP contribution in [0.5, 0.6) is 0 Å². The summed E-state index contributed by atoms with van der Waals surface area (Å²) in [5.41, 5.74) is 2.46. The predicted molar refractivity (Wildman–Crippen MR) is 73.5 cm³/mol. The fraction of sp³-hybridized carbons (Fsp3) is 0.188. The molecule has 0 heterocycles. The average Bonchev–Trinajstić information content (AvgIpc) is 2.41. The summed E-state index contributed by atoms with van der Waals surface area (Å²) < 4.78 is 5.02. The van der Waals surface area contributed by atoms with Gasteiger partial charge < -0.3 is 4.74 Å². The molecule has 0 unspecified atom stereocenters. The standard InChI is InChI=1S/C16H16O2/c1-3-16(17)18-11-10-13-9-8-12(2)14-6-4-5-7-15(13)14/h3-9H,1,10-11H2,2H3. The van der Waals surface area contributed by atoms with Gasteiger partial charge in [0.15, 0.2) is 0 Å². The number of hydrogen-bond acceptors (Lipinski definition) is 2. The zero-order chi connectivity index (χ0) is 13.0. The first-order chi connectivity index (χ1) is 8.72. The van der Waals surface area contributed by atoms with E-state index in [0.717, 1.165) is 6.42 Å². The van der Waals surface area contributed by atoms with Crippen LogP contribution in [-0.2, 0) is 16.0 Å². The molecular weight excluding hydrogens is 224 g/mol. The Hall–Kier alpha value is -2.09. The van der Waals surface area contributed by atoms with E-state index in [1.807, 2.05) is 12.1 Å². The number of ether oxygens (including phenoxy) is 1. The van der Waals surface area contributed by atoms with E-state index in [1.165, 1.54) is 28.0 Å². The van der Waals surface area contributed by atoms with Gasteiger partial charge in [0.1, 0.15) is 0 Å². The predicted octanol–water partition coefficient (Wildman–Crippen LogP) is 3.42. The van der Waals surface area contributed by atoms with Gasteiger partial charge in [-0.15, -0.1) is 0 Å². The van der Waals surface area contributed by atoms with E-state index < -0.39 is 0 Å². The maximum absolute atomic E-state index is 11.0. The van der Waals surface area contributed by atoms with Crippen LogP contribution in [0.4, 0.5) is 0 Å². The SMILES string of the molecule is C=CC(=O)OCCc1ccc(C)c2ccccc12. The van der Waals surface area contributed by atoms with Crippen molar-refractivity contribution < 1.29 is 9.53 Å². The van der Waals surface area contributed by atoms with Crippen molar-refractivity contribution in [2.75, 3.05) is 6.61 Å². The highest BCUT2D eigenvalue weighted by molar-refractivity contribution is 5.88. The van der Waals surface area contributed by atoms with Gasteiger partial charge in [-0.05, 0) is 28.8 Å². The molecule has 2 aromatic rings. The van der Waals surface area contributed by atoms with Crippen LogP contribution in [0.1, 0.15) is 11.1 Å². The van der Waals surface area contributed by atoms with Crippen molar-refractivity contribution in [2.24, 2.45) is 0 Å². The molecule has 2 rings (SSSR count). The molecule has 18 heavy (non-hydrogen) atoms. The molecule has 0 aliphatic rings. The molecule has 92 valence electrons. The van der Waals surface area contributed by atoms with Crippen LogP contribution in [0.25, 0.3) is 10.8 Å². The molecule has 0 amide bonds. The van der Waals surface area contributed by atoms with Gasteiger partial charge in [-0.1, -0.05) is 43.0 Å². The fourth-order valence-corrected chi connectivity index (χ4v) is 2.05. The molecule has 0 radical (unpaired) electrons. The maximum atomic E-state index is 11.0. The van der Waals surface area contributed by atoms with E-state index >= 15 is 0 Å². The highest BCUT2D eigenvalue weighted by Gasteiger charge is 2.04. The monoisotopic (exact) mass is 240 g/mol. The van der Waals surface area contributed by atoms with Crippen LogP contribution in [0, 0.1) is 6.92 Å². The summed E-state index contributed by atoms with van der Waals surface area (Å²) >= 11 is 0. The van der Waals surface area contributed by atoms with Crippen molar-refractivity contribution in [1.82, 2.24) is 0 Å². The molecule has 0 saturated carbocycles. The summed E-state index contributed by atoms with van der Waals surface area (Å²) in [6.07, 6.45) is 1.91. The van der Waals surface area contributed by atoms with Gasteiger partial charge in [0.2, 0.25) is 0 Å². The molecule has 0 spiro atoms. The summed E-state index contributed by atoms with van der Waals surface area (Å²) in [5, 5.41) is 2.48. The summed E-state index contributed by atoms with van der Waals surface area (Å²) in [6, 6.07) is 12.5. The number of benzene rings is 2.